The van der Waals surface area contributed by atoms with E-state index in [0.29, 0.717) is 88.3 Å². The molecule has 2 aromatic heterocycles. The molecule has 10 rings (SSSR count). The summed E-state index contributed by atoms with van der Waals surface area (Å²) < 4.78 is 59.0. The van der Waals surface area contributed by atoms with Gasteiger partial charge >= 0.3 is 5.97 Å². The first-order valence-corrected chi connectivity index (χ1v) is 24.1. The second-order valence-corrected chi connectivity index (χ2v) is 18.3. The molecule has 0 aliphatic heterocycles. The lowest BCUT2D eigenvalue weighted by molar-refractivity contribution is -0.148. The van der Waals surface area contributed by atoms with Gasteiger partial charge in [0.05, 0.1) is 50.6 Å². The Morgan fingerprint density at radius 1 is 0.506 bits per heavy atom. The van der Waals surface area contributed by atoms with Crippen molar-refractivity contribution in [2.24, 2.45) is 10.8 Å². The molecule has 5 N–H and O–H groups in total. The fourth-order valence-corrected chi connectivity index (χ4v) is 8.51. The number of nitrogens with zero attached hydrogens (tertiary/aromatic N) is 2. The number of aromatic hydroxyl groups is 2. The molecule has 2 heterocycles. The van der Waals surface area contributed by atoms with Gasteiger partial charge in [-0.25, -0.2) is 8.78 Å². The number of hydrogen-bond acceptors (Lipinski definition) is 15. The lowest BCUT2D eigenvalue weighted by Gasteiger charge is -2.14. The van der Waals surface area contributed by atoms with Gasteiger partial charge in [-0.1, -0.05) is 30.3 Å². The van der Waals surface area contributed by atoms with Crippen molar-refractivity contribution in [2.45, 2.75) is 44.9 Å². The second kappa shape index (κ2) is 23.1. The number of carboxylic acid groups (broad SMARTS) is 1. The van der Waals surface area contributed by atoms with E-state index in [1.165, 1.54) is 24.3 Å². The van der Waals surface area contributed by atoms with Crippen LogP contribution in [0, 0.1) is 22.5 Å². The minimum Gasteiger partial charge on any atom is -0.508 e. The first-order chi connectivity index (χ1) is 37.0. The number of anilines is 1. The van der Waals surface area contributed by atoms with E-state index < -0.39 is 28.4 Å². The molecule has 0 saturated heterocycles. The van der Waals surface area contributed by atoms with E-state index >= 15 is 0 Å². The molecule has 396 valence electrons. The van der Waals surface area contributed by atoms with Crippen LogP contribution in [0.2, 0.25) is 0 Å². The van der Waals surface area contributed by atoms with Crippen molar-refractivity contribution >= 4 is 50.8 Å². The number of nitrogens with two attached hydrogens (primary N) is 1. The van der Waals surface area contributed by atoms with Crippen molar-refractivity contribution in [1.82, 2.24) is 9.97 Å². The van der Waals surface area contributed by atoms with Gasteiger partial charge in [0.15, 0.2) is 40.3 Å². The molecule has 0 spiro atoms. The van der Waals surface area contributed by atoms with E-state index in [4.69, 9.17) is 39.3 Å². The molecule has 2 fully saturated rings. The number of ketones is 3. The monoisotopic (exact) mass is 1050 g/mol. The van der Waals surface area contributed by atoms with Gasteiger partial charge in [0.2, 0.25) is 0 Å². The minimum absolute atomic E-state index is 0.0990. The van der Waals surface area contributed by atoms with E-state index in [2.05, 4.69) is 9.97 Å². The number of ether oxygens (including phenoxy) is 6. The summed E-state index contributed by atoms with van der Waals surface area (Å²) in [7, 11) is 6.26. The van der Waals surface area contributed by atoms with Gasteiger partial charge in [-0.3, -0.25) is 29.1 Å². The van der Waals surface area contributed by atoms with Crippen LogP contribution in [-0.4, -0.2) is 77.0 Å². The van der Waals surface area contributed by atoms with E-state index in [0.717, 1.165) is 34.0 Å². The highest BCUT2D eigenvalue weighted by atomic mass is 19.1. The molecule has 2 aliphatic carbocycles. The zero-order chi connectivity index (χ0) is 55.0. The Morgan fingerprint density at radius 3 is 1.30 bits per heavy atom. The average Bonchev–Trinajstić information content (AvgIpc) is 4.40. The fourth-order valence-electron chi connectivity index (χ4n) is 8.51. The molecule has 6 aromatic carbocycles. The second-order valence-electron chi connectivity index (χ2n) is 18.3. The number of nitrogen functional groups attached to an aromatic ring is 1. The number of fused-ring (bicyclic) bond motifs is 2. The Hall–Kier alpha value is -9.32. The number of methoxy groups -OCH3 is 4. The zero-order valence-electron chi connectivity index (χ0n) is 42.3. The molecule has 0 radical (unpaired) electrons. The number of halogens is 2. The van der Waals surface area contributed by atoms with Gasteiger partial charge in [-0.2, -0.15) is 0 Å². The summed E-state index contributed by atoms with van der Waals surface area (Å²) >= 11 is 0. The number of carbonyl (C=O) groups is 4. The van der Waals surface area contributed by atoms with Gasteiger partial charge in [0, 0.05) is 72.3 Å². The molecular weight excluding hydrogens is 997 g/mol. The first kappa shape index (κ1) is 54.0. The highest BCUT2D eigenvalue weighted by Gasteiger charge is 2.56. The molecule has 0 unspecified atom stereocenters. The fraction of sp³-hybridized carbons (Fsp3) is 0.220. The minimum atomic E-state index is -1.18. The predicted molar refractivity (Wildman–Crippen MR) is 280 cm³/mol. The van der Waals surface area contributed by atoms with Gasteiger partial charge in [0.1, 0.15) is 51.5 Å². The number of Topliss-reactive ketones (excluding diaryl/α,β-unsaturated/α-hetero) is 3. The molecule has 16 nitrogen and oxygen atoms in total. The van der Waals surface area contributed by atoms with Gasteiger partial charge < -0.3 is 49.5 Å². The van der Waals surface area contributed by atoms with Crippen molar-refractivity contribution in [3.05, 3.63) is 162 Å². The van der Waals surface area contributed by atoms with Crippen molar-refractivity contribution in [3.8, 4) is 57.5 Å². The van der Waals surface area contributed by atoms with Crippen molar-refractivity contribution in [1.29, 1.82) is 0 Å². The van der Waals surface area contributed by atoms with Crippen molar-refractivity contribution in [2.75, 3.05) is 34.2 Å². The number of hydrogen-bond donors (Lipinski definition) is 4. The molecule has 8 aromatic rings. The van der Waals surface area contributed by atoms with Crippen LogP contribution in [0.25, 0.3) is 21.8 Å². The predicted octanol–water partition coefficient (Wildman–Crippen LogP) is 10.7. The summed E-state index contributed by atoms with van der Waals surface area (Å²) in [6.07, 6.45) is 5.21. The number of aliphatic carboxylic acids is 1. The van der Waals surface area contributed by atoms with E-state index in [-0.39, 0.29) is 53.8 Å². The normalized spacial score (nSPS) is 13.4. The van der Waals surface area contributed by atoms with Crippen LogP contribution in [0.3, 0.4) is 0 Å². The number of rotatable bonds is 18. The van der Waals surface area contributed by atoms with Gasteiger partial charge in [0.25, 0.3) is 0 Å². The first-order valence-electron chi connectivity index (χ1n) is 24.1. The maximum atomic E-state index is 13.3. The lowest BCUT2D eigenvalue weighted by atomic mass is 9.87. The van der Waals surface area contributed by atoms with Crippen LogP contribution in [0.1, 0.15) is 42.4 Å². The lowest BCUT2D eigenvalue weighted by Crippen LogP contribution is -2.28. The Morgan fingerprint density at radius 2 is 0.909 bits per heavy atom. The Labute approximate surface area is 440 Å². The van der Waals surface area contributed by atoms with E-state index in [9.17, 15) is 38.2 Å². The Kier molecular flexibility index (Phi) is 16.2. The quantitative estimate of drug-likeness (QED) is 0.0355. The third kappa shape index (κ3) is 12.3. The molecule has 0 bridgehead atoms. The number of aromatic nitrogens is 2. The topological polar surface area (TPSA) is 236 Å². The van der Waals surface area contributed by atoms with Crippen LogP contribution in [-0.2, 0) is 38.4 Å². The number of phenols is 2. The van der Waals surface area contributed by atoms with Gasteiger partial charge in [-0.05, 0) is 104 Å². The van der Waals surface area contributed by atoms with Crippen LogP contribution in [0.15, 0.2) is 134 Å². The van der Waals surface area contributed by atoms with Crippen LogP contribution in [0.5, 0.6) is 57.5 Å². The molecule has 2 aliphatic rings. The highest BCUT2D eigenvalue weighted by Crippen LogP contribution is 2.50. The smallest absolute Gasteiger partial charge is 0.317 e. The zero-order valence-corrected chi connectivity index (χ0v) is 42.3. The molecule has 0 atom stereocenters. The standard InChI is InChI=1S/C30H26FNO6.C23H21NO6.C6H6FNO/c1-36-26-16-22-23(17-27(26)37-2)32-12-9-25(22)38-21-7-3-18(4-8-21)13-28(34)30(10-11-30)29(35)14-19-5-6-20(31)15-24(19)33;1-28-19-12-16-17(13-20(19)29-2)24-10-7-18(16)30-15-5-3-14(4-6-15)11-21(25)23(8-9-23)22(26)27;7-4-1-2-5(8)6(9)3-4/h3-9,12,15-17,33H,10-11,13-14H2,1-2H3;3-7,10,12-13H,8-9,11H2,1-2H3,(H,26,27);1-3,9H,8H2. The number of carbonyl (C=O) groups excluding carboxylic acids is 3. The molecule has 77 heavy (non-hydrogen) atoms. The Bertz CT molecular complexity index is 3510. The summed E-state index contributed by atoms with van der Waals surface area (Å²) in [5, 5.41) is 29.5. The SMILES string of the molecule is COc1cc2nccc(Oc3ccc(CC(=O)C4(C(=O)Cc5ccc(F)cc5O)CC4)cc3)c2cc1OC.COc1cc2nccc(Oc3ccc(CC(=O)C4(C(=O)O)CC4)cc3)c2cc1OC.Nc1ccc(F)cc1O. The van der Waals surface area contributed by atoms with Crippen molar-refractivity contribution in [3.63, 3.8) is 0 Å². The number of benzene rings is 6. The largest absolute Gasteiger partial charge is 0.508 e. The maximum absolute atomic E-state index is 13.3. The highest BCUT2D eigenvalue weighted by molar-refractivity contribution is 6.11. The molecule has 0 amide bonds. The molecule has 18 heteroatoms. The number of carboxylic acids is 1. The summed E-state index contributed by atoms with van der Waals surface area (Å²) in [6.45, 7) is 0. The van der Waals surface area contributed by atoms with Crippen LogP contribution < -0.4 is 34.2 Å². The summed E-state index contributed by atoms with van der Waals surface area (Å²) in [4.78, 5) is 58.4. The van der Waals surface area contributed by atoms with Crippen LogP contribution in [0.4, 0.5) is 14.5 Å². The third-order valence-electron chi connectivity index (χ3n) is 13.3. The maximum Gasteiger partial charge on any atom is 0.317 e. The molecule has 2 saturated carbocycles. The Balaban J connectivity index is 0.000000178. The van der Waals surface area contributed by atoms with Crippen molar-refractivity contribution < 1.29 is 71.7 Å². The summed E-state index contributed by atoms with van der Waals surface area (Å²) in [6, 6.07) is 31.9. The van der Waals surface area contributed by atoms with E-state index in [1.807, 2.05) is 6.07 Å². The van der Waals surface area contributed by atoms with Crippen LogP contribution >= 0.6 is 0 Å². The number of phenolic OH excluding ortho intramolecular Hbond substituents is 2. The van der Waals surface area contributed by atoms with Gasteiger partial charge in [-0.15, -0.1) is 0 Å². The average molecular weight is 1050 g/mol. The summed E-state index contributed by atoms with van der Waals surface area (Å²) in [5.41, 5.74) is 6.38. The van der Waals surface area contributed by atoms with E-state index in [1.54, 1.807) is 120 Å². The third-order valence-corrected chi connectivity index (χ3v) is 13.3. The number of pyridine rings is 2. The summed E-state index contributed by atoms with van der Waals surface area (Å²) in [5.74, 6) is 1.41. The molecular formula is C59H53F2N3O13.